The van der Waals surface area contributed by atoms with Gasteiger partial charge in [-0.05, 0) is 24.6 Å². The van der Waals surface area contributed by atoms with E-state index < -0.39 is 28.5 Å². The van der Waals surface area contributed by atoms with Crippen molar-refractivity contribution < 1.29 is 18.0 Å². The third kappa shape index (κ3) is 4.15. The van der Waals surface area contributed by atoms with Crippen molar-refractivity contribution in [3.05, 3.63) is 63.0 Å². The molecule has 0 spiro atoms. The second-order valence-electron chi connectivity index (χ2n) is 6.05. The van der Waals surface area contributed by atoms with Crippen LogP contribution in [-0.4, -0.2) is 25.5 Å². The van der Waals surface area contributed by atoms with E-state index in [1.165, 1.54) is 7.05 Å². The van der Waals surface area contributed by atoms with Gasteiger partial charge in [0.1, 0.15) is 10.7 Å². The Balaban J connectivity index is 1.82. The first kappa shape index (κ1) is 20.2. The smallest absolute Gasteiger partial charge is 0.304 e. The fourth-order valence-corrected chi connectivity index (χ4v) is 3.21. The first-order valence-corrected chi connectivity index (χ1v) is 8.72. The van der Waals surface area contributed by atoms with E-state index in [-0.39, 0.29) is 5.82 Å². The molecular weight excluding hydrogens is 418 g/mol. The van der Waals surface area contributed by atoms with Crippen molar-refractivity contribution in [1.82, 2.24) is 19.6 Å². The number of alkyl halides is 3. The van der Waals surface area contributed by atoms with Crippen molar-refractivity contribution in [2.45, 2.75) is 19.6 Å². The monoisotopic (exact) mass is 431 g/mol. The molecule has 2 aromatic heterocycles. The summed E-state index contributed by atoms with van der Waals surface area (Å²) in [7, 11) is 1.21. The molecule has 2 heterocycles. The van der Waals surface area contributed by atoms with E-state index in [4.69, 9.17) is 23.2 Å². The molecule has 1 aromatic carbocycles. The zero-order valence-electron chi connectivity index (χ0n) is 14.7. The summed E-state index contributed by atoms with van der Waals surface area (Å²) >= 11 is 11.7. The lowest BCUT2D eigenvalue weighted by molar-refractivity contribution is -0.141. The van der Waals surface area contributed by atoms with Crippen molar-refractivity contribution in [3.8, 4) is 0 Å². The predicted molar refractivity (Wildman–Crippen MR) is 98.7 cm³/mol. The van der Waals surface area contributed by atoms with Crippen molar-refractivity contribution in [2.75, 3.05) is 5.32 Å². The number of halogens is 5. The molecule has 6 nitrogen and oxygen atoms in total. The first-order chi connectivity index (χ1) is 13.1. The zero-order valence-corrected chi connectivity index (χ0v) is 16.2. The summed E-state index contributed by atoms with van der Waals surface area (Å²) in [6.07, 6.45) is -4.76. The molecule has 148 valence electrons. The van der Waals surface area contributed by atoms with Gasteiger partial charge in [-0.1, -0.05) is 35.3 Å². The predicted octanol–water partition coefficient (Wildman–Crippen LogP) is 4.55. The number of amides is 1. The lowest BCUT2D eigenvalue weighted by Gasteiger charge is -2.05. The van der Waals surface area contributed by atoms with Crippen LogP contribution in [0.5, 0.6) is 0 Å². The van der Waals surface area contributed by atoms with Crippen LogP contribution in [0.4, 0.5) is 19.0 Å². The van der Waals surface area contributed by atoms with Crippen LogP contribution in [0, 0.1) is 6.92 Å². The summed E-state index contributed by atoms with van der Waals surface area (Å²) in [4.78, 5) is 12.4. The lowest BCUT2D eigenvalue weighted by Crippen LogP contribution is -2.17. The lowest BCUT2D eigenvalue weighted by atomic mass is 10.2. The average molecular weight is 432 g/mol. The van der Waals surface area contributed by atoms with Crippen LogP contribution in [-0.2, 0) is 19.8 Å². The number of nitrogens with one attached hydrogen (secondary N) is 1. The number of hydrogen-bond acceptors (Lipinski definition) is 3. The van der Waals surface area contributed by atoms with Crippen LogP contribution in [0.25, 0.3) is 0 Å². The van der Waals surface area contributed by atoms with Gasteiger partial charge in [-0.25, -0.2) is 0 Å². The molecule has 0 aliphatic rings. The van der Waals surface area contributed by atoms with Gasteiger partial charge in [0.25, 0.3) is 5.91 Å². The molecule has 0 saturated heterocycles. The Morgan fingerprint density at radius 2 is 1.93 bits per heavy atom. The molecule has 0 saturated carbocycles. The molecule has 1 amide bonds. The van der Waals surface area contributed by atoms with Crippen LogP contribution < -0.4 is 5.32 Å². The molecule has 0 aliphatic heterocycles. The Labute approximate surface area is 167 Å². The second kappa shape index (κ2) is 7.48. The van der Waals surface area contributed by atoms with Gasteiger partial charge < -0.3 is 5.32 Å². The van der Waals surface area contributed by atoms with Crippen LogP contribution in [0.15, 0.2) is 30.3 Å². The number of carbonyl (C=O) groups is 1. The van der Waals surface area contributed by atoms with Gasteiger partial charge in [0.05, 0.1) is 6.54 Å². The highest BCUT2D eigenvalue weighted by Gasteiger charge is 2.39. The topological polar surface area (TPSA) is 64.7 Å². The summed E-state index contributed by atoms with van der Waals surface area (Å²) in [6.45, 7) is 2.19. The fourth-order valence-electron chi connectivity index (χ4n) is 2.64. The van der Waals surface area contributed by atoms with Gasteiger partial charge in [0.2, 0.25) is 0 Å². The molecule has 0 aliphatic carbocycles. The molecule has 3 aromatic rings. The number of aryl methyl sites for hydroxylation is 2. The van der Waals surface area contributed by atoms with E-state index in [1.807, 2.05) is 12.1 Å². The molecule has 0 bridgehead atoms. The maximum Gasteiger partial charge on any atom is 0.436 e. The Morgan fingerprint density at radius 1 is 1.21 bits per heavy atom. The number of benzene rings is 1. The maximum atomic E-state index is 12.9. The van der Waals surface area contributed by atoms with E-state index in [0.717, 1.165) is 15.9 Å². The number of anilines is 1. The number of aromatic nitrogens is 4. The molecular formula is C17H14Cl2F3N5O. The zero-order chi connectivity index (χ0) is 20.6. The molecule has 1 N–H and O–H groups in total. The molecule has 0 atom stereocenters. The summed E-state index contributed by atoms with van der Waals surface area (Å²) < 4.78 is 41.1. The number of nitrogens with zero attached hydrogens (tertiary/aromatic N) is 4. The Kier molecular flexibility index (Phi) is 5.40. The molecule has 0 radical (unpaired) electrons. The highest BCUT2D eigenvalue weighted by molar-refractivity contribution is 6.34. The van der Waals surface area contributed by atoms with E-state index in [1.54, 1.807) is 29.8 Å². The van der Waals surface area contributed by atoms with E-state index in [9.17, 15) is 18.0 Å². The molecule has 11 heteroatoms. The fraction of sp³-hybridized carbons (Fsp3) is 0.235. The van der Waals surface area contributed by atoms with Crippen molar-refractivity contribution in [3.63, 3.8) is 0 Å². The van der Waals surface area contributed by atoms with Gasteiger partial charge >= 0.3 is 6.18 Å². The van der Waals surface area contributed by atoms with Crippen molar-refractivity contribution in [1.29, 1.82) is 0 Å². The second-order valence-corrected chi connectivity index (χ2v) is 6.86. The minimum absolute atomic E-state index is 0.176. The first-order valence-electron chi connectivity index (χ1n) is 7.96. The Hall–Kier alpha value is -2.52. The summed E-state index contributed by atoms with van der Waals surface area (Å²) in [5, 5.41) is 9.83. The minimum atomic E-state index is -4.76. The third-order valence-electron chi connectivity index (χ3n) is 3.92. The quantitative estimate of drug-likeness (QED) is 0.658. The van der Waals surface area contributed by atoms with Gasteiger partial charge in [0.15, 0.2) is 11.5 Å². The Bertz CT molecular complexity index is 1040. The van der Waals surface area contributed by atoms with Gasteiger partial charge in [0, 0.05) is 23.8 Å². The van der Waals surface area contributed by atoms with Gasteiger partial charge in [-0.15, -0.1) is 0 Å². The van der Waals surface area contributed by atoms with Gasteiger partial charge in [-0.3, -0.25) is 14.2 Å². The Morgan fingerprint density at radius 3 is 2.54 bits per heavy atom. The van der Waals surface area contributed by atoms with Crippen LogP contribution in [0.2, 0.25) is 10.0 Å². The molecule has 0 unspecified atom stereocenters. The highest BCUT2D eigenvalue weighted by atomic mass is 35.5. The summed E-state index contributed by atoms with van der Waals surface area (Å²) in [5.41, 5.74) is -0.0797. The van der Waals surface area contributed by atoms with Gasteiger partial charge in [-0.2, -0.15) is 23.4 Å². The van der Waals surface area contributed by atoms with Crippen LogP contribution in [0.1, 0.15) is 27.4 Å². The summed E-state index contributed by atoms with van der Waals surface area (Å²) in [5.74, 6) is -0.668. The van der Waals surface area contributed by atoms with E-state index >= 15 is 0 Å². The maximum absolute atomic E-state index is 12.9. The largest absolute Gasteiger partial charge is 0.436 e. The molecule has 3 rings (SSSR count). The normalized spacial score (nSPS) is 11.7. The van der Waals surface area contributed by atoms with E-state index in [0.29, 0.717) is 11.6 Å². The number of hydrogen-bond donors (Lipinski definition) is 1. The standard InChI is InChI=1S/C17H14Cl2F3N5O/c1-9-6-12(24-27(9)8-10-4-3-5-11(18)7-10)23-16(28)14-13(19)15(17(20,21)22)25-26(14)2/h3-7H,8H2,1-2H3,(H,23,24,28). The molecule has 0 fully saturated rings. The number of carbonyl (C=O) groups excluding carboxylic acids is 1. The minimum Gasteiger partial charge on any atom is -0.304 e. The van der Waals surface area contributed by atoms with Crippen LogP contribution >= 0.6 is 23.2 Å². The van der Waals surface area contributed by atoms with Crippen molar-refractivity contribution >= 4 is 34.9 Å². The van der Waals surface area contributed by atoms with Crippen LogP contribution in [0.3, 0.4) is 0 Å². The SMILES string of the molecule is Cc1cc(NC(=O)c2c(Cl)c(C(F)(F)F)nn2C)nn1Cc1cccc(Cl)c1. The van der Waals surface area contributed by atoms with E-state index in [2.05, 4.69) is 15.5 Å². The average Bonchev–Trinajstić information content (AvgIpc) is 3.06. The number of rotatable bonds is 4. The molecule has 28 heavy (non-hydrogen) atoms. The van der Waals surface area contributed by atoms with Crippen molar-refractivity contribution in [2.24, 2.45) is 7.05 Å². The summed E-state index contributed by atoms with van der Waals surface area (Å²) in [6, 6.07) is 8.81. The third-order valence-corrected chi connectivity index (χ3v) is 4.51. The highest BCUT2D eigenvalue weighted by Crippen LogP contribution is 2.35.